The Labute approximate surface area is 351 Å². The van der Waals surface area contributed by atoms with Crippen LogP contribution in [0.4, 0.5) is 0 Å². The monoisotopic (exact) mass is 808 g/mol. The molecule has 2 aliphatic rings. The molecule has 0 N–H and O–H groups in total. The van der Waals surface area contributed by atoms with Gasteiger partial charge in [-0.05, 0) is 81.6 Å². The minimum atomic E-state index is -0.880. The zero-order valence-corrected chi connectivity index (χ0v) is 37.2. The average Bonchev–Trinajstić information content (AvgIpc) is 3.15. The number of methoxy groups -OCH3 is 1. The van der Waals surface area contributed by atoms with Gasteiger partial charge in [-0.15, -0.1) is 0 Å². The van der Waals surface area contributed by atoms with Gasteiger partial charge in [0.2, 0.25) is 0 Å². The maximum atomic E-state index is 13.1. The molecule has 2 unspecified atom stereocenters. The highest BCUT2D eigenvalue weighted by molar-refractivity contribution is 6.02. The number of hydrogen-bond acceptors (Lipinski definition) is 9. The molecule has 0 saturated heterocycles. The first-order chi connectivity index (χ1) is 27.6. The third-order valence-corrected chi connectivity index (χ3v) is 10.3. The minimum Gasteiger partial charge on any atom is -0.469 e. The van der Waals surface area contributed by atoms with Gasteiger partial charge >= 0.3 is 17.9 Å². The Bertz CT molecular complexity index is 1970. The van der Waals surface area contributed by atoms with Crippen molar-refractivity contribution in [2.75, 3.05) is 7.11 Å². The van der Waals surface area contributed by atoms with Gasteiger partial charge in [-0.1, -0.05) is 135 Å². The summed E-state index contributed by atoms with van der Waals surface area (Å²) in [7, 11) is 1.26. The summed E-state index contributed by atoms with van der Waals surface area (Å²) in [5, 5.41) is 0. The maximum absolute atomic E-state index is 13.1. The van der Waals surface area contributed by atoms with Crippen molar-refractivity contribution >= 4 is 35.3 Å². The summed E-state index contributed by atoms with van der Waals surface area (Å²) in [6, 6.07) is 0. The highest BCUT2D eigenvalue weighted by Crippen LogP contribution is 2.42. The molecule has 0 fully saturated rings. The zero-order chi connectivity index (χ0) is 44.5. The van der Waals surface area contributed by atoms with Gasteiger partial charge in [-0.25, -0.2) is 0 Å². The largest absolute Gasteiger partial charge is 0.469 e. The molecule has 0 aromatic rings. The summed E-state index contributed by atoms with van der Waals surface area (Å²) >= 11 is 0. The van der Waals surface area contributed by atoms with Crippen LogP contribution in [0.5, 0.6) is 0 Å². The van der Waals surface area contributed by atoms with Crippen LogP contribution in [0.1, 0.15) is 115 Å². The number of carbonyl (C=O) groups is 6. The summed E-state index contributed by atoms with van der Waals surface area (Å²) in [5.41, 5.74) is 6.33. The predicted octanol–water partition coefficient (Wildman–Crippen LogP) is 10.3. The van der Waals surface area contributed by atoms with Crippen LogP contribution in [0.2, 0.25) is 0 Å². The first kappa shape index (κ1) is 49.7. The molecular weight excluding hydrogens is 745 g/mol. The van der Waals surface area contributed by atoms with E-state index < -0.39 is 35.5 Å². The number of rotatable bonds is 18. The van der Waals surface area contributed by atoms with E-state index in [-0.39, 0.29) is 48.4 Å². The van der Waals surface area contributed by atoms with Crippen LogP contribution in [0.3, 0.4) is 0 Å². The maximum Gasteiger partial charge on any atom is 0.307 e. The summed E-state index contributed by atoms with van der Waals surface area (Å²) in [4.78, 5) is 73.2. The van der Waals surface area contributed by atoms with Crippen LogP contribution in [0.15, 0.2) is 130 Å². The fraction of sp³-hybridized carbons (Fsp3) is 0.440. The number of ketones is 3. The quantitative estimate of drug-likeness (QED) is 0.0754. The van der Waals surface area contributed by atoms with Gasteiger partial charge < -0.3 is 19.0 Å². The van der Waals surface area contributed by atoms with Crippen LogP contribution in [-0.4, -0.2) is 54.6 Å². The second-order valence-electron chi connectivity index (χ2n) is 16.6. The van der Waals surface area contributed by atoms with E-state index >= 15 is 0 Å². The third kappa shape index (κ3) is 16.8. The van der Waals surface area contributed by atoms with E-state index in [4.69, 9.17) is 9.47 Å². The molecule has 59 heavy (non-hydrogen) atoms. The molecule has 0 heterocycles. The lowest BCUT2D eigenvalue weighted by molar-refractivity contribution is -0.157. The molecule has 0 amide bonds. The standard InChI is InChI=1S/C50H64O9/c1-33(19-15-21-35(3)23-26-40-38(6)47(55)42(31-49(40,8)9)58-45(53)28-25-37(5)51)17-13-14-18-34(2)20-16-22-36(4)24-27-41-39(7)48(56)43(32-50(41,10)11)59-46(54)30-29-44(52)57-12/h13-24,26-27,42-43H,25,28-32H2,1-12H3/b14-13+,19-15+,20-16+,26-23+,27-24+,33-17+,34-18+,35-21+,36-22+. The summed E-state index contributed by atoms with van der Waals surface area (Å²) < 4.78 is 15.5. The lowest BCUT2D eigenvalue weighted by atomic mass is 9.71. The molecule has 2 atom stereocenters. The highest BCUT2D eigenvalue weighted by atomic mass is 16.6. The van der Waals surface area contributed by atoms with Gasteiger partial charge in [-0.3, -0.25) is 24.0 Å². The normalized spacial score (nSPS) is 20.9. The van der Waals surface area contributed by atoms with E-state index in [0.29, 0.717) is 24.0 Å². The predicted molar refractivity (Wildman–Crippen MR) is 234 cm³/mol. The molecule has 0 saturated carbocycles. The zero-order valence-electron chi connectivity index (χ0n) is 37.2. The van der Waals surface area contributed by atoms with Gasteiger partial charge in [-0.2, -0.15) is 0 Å². The fourth-order valence-electron chi connectivity index (χ4n) is 6.78. The molecule has 0 aromatic heterocycles. The van der Waals surface area contributed by atoms with Crippen molar-refractivity contribution < 1.29 is 43.0 Å². The molecule has 0 aromatic carbocycles. The van der Waals surface area contributed by atoms with Crippen molar-refractivity contribution in [3.05, 3.63) is 130 Å². The van der Waals surface area contributed by atoms with Gasteiger partial charge in [0.05, 0.1) is 26.4 Å². The lowest BCUT2D eigenvalue weighted by Crippen LogP contribution is -2.39. The van der Waals surface area contributed by atoms with E-state index in [1.807, 2.05) is 140 Å². The number of ether oxygens (including phenoxy) is 3. The van der Waals surface area contributed by atoms with Crippen LogP contribution in [-0.2, 0) is 43.0 Å². The molecule has 0 radical (unpaired) electrons. The Morgan fingerprint density at radius 3 is 1.25 bits per heavy atom. The fourth-order valence-corrected chi connectivity index (χ4v) is 6.78. The van der Waals surface area contributed by atoms with Crippen molar-refractivity contribution in [2.24, 2.45) is 10.8 Å². The van der Waals surface area contributed by atoms with Gasteiger partial charge in [0.15, 0.2) is 23.8 Å². The second kappa shape index (κ2) is 23.2. The van der Waals surface area contributed by atoms with E-state index in [9.17, 15) is 28.8 Å². The molecule has 2 rings (SSSR count). The average molecular weight is 809 g/mol. The van der Waals surface area contributed by atoms with Gasteiger partial charge in [0.1, 0.15) is 5.78 Å². The Morgan fingerprint density at radius 1 is 0.542 bits per heavy atom. The molecule has 0 aliphatic heterocycles. The first-order valence-electron chi connectivity index (χ1n) is 20.1. The number of carbonyl (C=O) groups excluding carboxylic acids is 6. The van der Waals surface area contributed by atoms with Crippen LogP contribution < -0.4 is 0 Å². The summed E-state index contributed by atoms with van der Waals surface area (Å²) in [5.74, 6) is -2.14. The summed E-state index contributed by atoms with van der Waals surface area (Å²) in [6.07, 6.45) is 26.8. The van der Waals surface area contributed by atoms with Crippen molar-refractivity contribution in [1.82, 2.24) is 0 Å². The topological polar surface area (TPSA) is 130 Å². The molecule has 2 aliphatic carbocycles. The van der Waals surface area contributed by atoms with E-state index in [0.717, 1.165) is 33.4 Å². The molecular formula is C50H64O9. The number of allylic oxidation sites excluding steroid dienone is 20. The molecule has 318 valence electrons. The smallest absolute Gasteiger partial charge is 0.307 e. The first-order valence-corrected chi connectivity index (χ1v) is 20.1. The Morgan fingerprint density at radius 2 is 0.881 bits per heavy atom. The second-order valence-corrected chi connectivity index (χ2v) is 16.6. The molecule has 0 spiro atoms. The molecule has 9 nitrogen and oxygen atoms in total. The lowest BCUT2D eigenvalue weighted by Gasteiger charge is -2.36. The van der Waals surface area contributed by atoms with Crippen molar-refractivity contribution in [3.8, 4) is 0 Å². The van der Waals surface area contributed by atoms with Crippen LogP contribution in [0, 0.1) is 10.8 Å². The Kier molecular flexibility index (Phi) is 19.6. The van der Waals surface area contributed by atoms with E-state index in [2.05, 4.69) is 4.74 Å². The Balaban J connectivity index is 1.97. The highest BCUT2D eigenvalue weighted by Gasteiger charge is 2.41. The van der Waals surface area contributed by atoms with Crippen molar-refractivity contribution in [3.63, 3.8) is 0 Å². The summed E-state index contributed by atoms with van der Waals surface area (Å²) in [6.45, 7) is 21.1. The number of esters is 3. The van der Waals surface area contributed by atoms with Gasteiger partial charge in [0, 0.05) is 19.3 Å². The van der Waals surface area contributed by atoms with E-state index in [1.54, 1.807) is 13.8 Å². The Hall–Kier alpha value is -5.44. The molecule has 9 heteroatoms. The van der Waals surface area contributed by atoms with Crippen LogP contribution >= 0.6 is 0 Å². The van der Waals surface area contributed by atoms with Crippen molar-refractivity contribution in [2.45, 2.75) is 127 Å². The van der Waals surface area contributed by atoms with Crippen molar-refractivity contribution in [1.29, 1.82) is 0 Å². The number of hydrogen-bond donors (Lipinski definition) is 0. The molecule has 0 bridgehead atoms. The minimum absolute atomic E-state index is 0.0211. The van der Waals surface area contributed by atoms with Gasteiger partial charge in [0.25, 0.3) is 0 Å². The van der Waals surface area contributed by atoms with E-state index in [1.165, 1.54) is 14.0 Å². The SMILES string of the molecule is COC(=O)CCC(=O)OC1CC(C)(C)C(/C=C/C(C)=C/C=C/C(C)=C/C=C/C=C(C)/C=C/C=C(C)/C=C/C2=C(C)C(=O)C(OC(=O)CCC(C)=O)CC2(C)C)=C(C)C1=O. The third-order valence-electron chi connectivity index (χ3n) is 10.3. The number of Topliss-reactive ketones (excluding diaryl/α,β-unsaturated/α-hetero) is 3. The van der Waals surface area contributed by atoms with Crippen LogP contribution in [0.25, 0.3) is 0 Å².